The van der Waals surface area contributed by atoms with Crippen LogP contribution in [-0.4, -0.2) is 15.5 Å². The average Bonchev–Trinajstić information content (AvgIpc) is 2.57. The zero-order valence-corrected chi connectivity index (χ0v) is 11.3. The summed E-state index contributed by atoms with van der Waals surface area (Å²) in [6.07, 6.45) is 0. The van der Waals surface area contributed by atoms with E-state index in [1.807, 2.05) is 0 Å². The molecule has 0 radical (unpaired) electrons. The molecule has 0 aliphatic rings. The summed E-state index contributed by atoms with van der Waals surface area (Å²) in [4.78, 5) is 7.96. The van der Waals surface area contributed by atoms with Gasteiger partial charge in [-0.15, -0.1) is 0 Å². The number of nitrogens with zero attached hydrogens (tertiary/aromatic N) is 1. The van der Waals surface area contributed by atoms with Crippen LogP contribution in [0, 0.1) is 13.8 Å². The number of imidazole rings is 1. The molecule has 0 fully saturated rings. The van der Waals surface area contributed by atoms with E-state index in [2.05, 4.69) is 62.0 Å². The molecular formula is C14H21N3. The van der Waals surface area contributed by atoms with Gasteiger partial charge in [-0.25, -0.2) is 4.98 Å². The number of benzene rings is 1. The van der Waals surface area contributed by atoms with Gasteiger partial charge in [0.2, 0.25) is 0 Å². The van der Waals surface area contributed by atoms with Gasteiger partial charge in [-0.1, -0.05) is 0 Å². The Kier molecular flexibility index (Phi) is 2.96. The van der Waals surface area contributed by atoms with Crippen LogP contribution in [0.15, 0.2) is 12.1 Å². The molecule has 1 aromatic carbocycles. The van der Waals surface area contributed by atoms with Crippen LogP contribution in [-0.2, 0) is 6.54 Å². The molecule has 2 rings (SSSR count). The number of fused-ring (bicyclic) bond motifs is 1. The Labute approximate surface area is 103 Å². The number of aromatic amines is 1. The smallest absolute Gasteiger partial charge is 0.121 e. The van der Waals surface area contributed by atoms with Gasteiger partial charge in [0.15, 0.2) is 0 Å². The van der Waals surface area contributed by atoms with Gasteiger partial charge in [0, 0.05) is 5.54 Å². The fraction of sp³-hybridized carbons (Fsp3) is 0.500. The molecule has 1 heterocycles. The Morgan fingerprint density at radius 1 is 1.18 bits per heavy atom. The predicted octanol–water partition coefficient (Wildman–Crippen LogP) is 3.07. The molecule has 17 heavy (non-hydrogen) atoms. The lowest BCUT2D eigenvalue weighted by molar-refractivity contribution is 0.419. The first-order valence-corrected chi connectivity index (χ1v) is 6.06. The second-order valence-electron chi connectivity index (χ2n) is 5.74. The minimum absolute atomic E-state index is 0.116. The highest BCUT2D eigenvalue weighted by Crippen LogP contribution is 2.17. The van der Waals surface area contributed by atoms with Crippen molar-refractivity contribution in [1.29, 1.82) is 0 Å². The highest BCUT2D eigenvalue weighted by molar-refractivity contribution is 5.77. The zero-order chi connectivity index (χ0) is 12.6. The SMILES string of the molecule is Cc1cc2nc(CNC(C)(C)C)[nH]c2cc1C. The lowest BCUT2D eigenvalue weighted by Crippen LogP contribution is -2.35. The van der Waals surface area contributed by atoms with Gasteiger partial charge in [0.1, 0.15) is 5.82 Å². The van der Waals surface area contributed by atoms with Crippen LogP contribution in [0.4, 0.5) is 0 Å². The molecule has 0 saturated heterocycles. The highest BCUT2D eigenvalue weighted by atomic mass is 15.0. The number of hydrogen-bond donors (Lipinski definition) is 2. The molecule has 3 heteroatoms. The molecule has 0 saturated carbocycles. The third kappa shape index (κ3) is 2.86. The quantitative estimate of drug-likeness (QED) is 0.834. The van der Waals surface area contributed by atoms with Crippen molar-refractivity contribution in [2.24, 2.45) is 0 Å². The second kappa shape index (κ2) is 4.15. The summed E-state index contributed by atoms with van der Waals surface area (Å²) >= 11 is 0. The summed E-state index contributed by atoms with van der Waals surface area (Å²) in [6.45, 7) is 11.5. The lowest BCUT2D eigenvalue weighted by Gasteiger charge is -2.19. The average molecular weight is 231 g/mol. The molecule has 0 bridgehead atoms. The van der Waals surface area contributed by atoms with E-state index in [0.29, 0.717) is 0 Å². The molecule has 3 nitrogen and oxygen atoms in total. The van der Waals surface area contributed by atoms with E-state index in [9.17, 15) is 0 Å². The molecular weight excluding hydrogens is 210 g/mol. The number of H-pyrrole nitrogens is 1. The van der Waals surface area contributed by atoms with E-state index in [4.69, 9.17) is 0 Å². The normalized spacial score (nSPS) is 12.3. The largest absolute Gasteiger partial charge is 0.341 e. The van der Waals surface area contributed by atoms with Crippen molar-refractivity contribution in [3.63, 3.8) is 0 Å². The maximum absolute atomic E-state index is 4.60. The number of aromatic nitrogens is 2. The second-order valence-corrected chi connectivity index (χ2v) is 5.74. The number of aryl methyl sites for hydroxylation is 2. The molecule has 0 unspecified atom stereocenters. The Morgan fingerprint density at radius 3 is 2.47 bits per heavy atom. The van der Waals surface area contributed by atoms with Crippen LogP contribution in [0.3, 0.4) is 0 Å². The third-order valence-electron chi connectivity index (χ3n) is 2.93. The van der Waals surface area contributed by atoms with Crippen LogP contribution < -0.4 is 5.32 Å². The first-order chi connectivity index (χ1) is 7.85. The van der Waals surface area contributed by atoms with Crippen molar-refractivity contribution >= 4 is 11.0 Å². The molecule has 0 atom stereocenters. The summed E-state index contributed by atoms with van der Waals surface area (Å²) in [5.74, 6) is 1.000. The minimum Gasteiger partial charge on any atom is -0.341 e. The van der Waals surface area contributed by atoms with Gasteiger partial charge in [-0.2, -0.15) is 0 Å². The summed E-state index contributed by atoms with van der Waals surface area (Å²) < 4.78 is 0. The molecule has 2 N–H and O–H groups in total. The predicted molar refractivity (Wildman–Crippen MR) is 72.2 cm³/mol. The molecule has 0 aliphatic heterocycles. The molecule has 1 aromatic heterocycles. The van der Waals surface area contributed by atoms with Gasteiger partial charge in [0.25, 0.3) is 0 Å². The van der Waals surface area contributed by atoms with Gasteiger partial charge in [-0.05, 0) is 57.9 Å². The van der Waals surface area contributed by atoms with Gasteiger partial charge >= 0.3 is 0 Å². The third-order valence-corrected chi connectivity index (χ3v) is 2.93. The Bertz CT molecular complexity index is 493. The topological polar surface area (TPSA) is 40.7 Å². The number of hydrogen-bond acceptors (Lipinski definition) is 2. The van der Waals surface area contributed by atoms with Crippen LogP contribution in [0.1, 0.15) is 37.7 Å². The maximum atomic E-state index is 4.60. The Balaban J connectivity index is 2.26. The van der Waals surface area contributed by atoms with E-state index in [-0.39, 0.29) is 5.54 Å². The van der Waals surface area contributed by atoms with Crippen LogP contribution in [0.5, 0.6) is 0 Å². The van der Waals surface area contributed by atoms with Crippen molar-refractivity contribution in [1.82, 2.24) is 15.3 Å². The molecule has 0 spiro atoms. The lowest BCUT2D eigenvalue weighted by atomic mass is 10.1. The molecule has 0 amide bonds. The van der Waals surface area contributed by atoms with Crippen molar-refractivity contribution in [2.45, 2.75) is 46.7 Å². The highest BCUT2D eigenvalue weighted by Gasteiger charge is 2.10. The van der Waals surface area contributed by atoms with Crippen molar-refractivity contribution in [3.05, 3.63) is 29.1 Å². The molecule has 92 valence electrons. The summed E-state index contributed by atoms with van der Waals surface area (Å²) in [7, 11) is 0. The molecule has 2 aromatic rings. The first-order valence-electron chi connectivity index (χ1n) is 6.06. The van der Waals surface area contributed by atoms with Crippen molar-refractivity contribution in [2.75, 3.05) is 0 Å². The fourth-order valence-corrected chi connectivity index (χ4v) is 1.75. The van der Waals surface area contributed by atoms with Crippen LogP contribution in [0.25, 0.3) is 11.0 Å². The first kappa shape index (κ1) is 12.1. The fourth-order valence-electron chi connectivity index (χ4n) is 1.75. The summed E-state index contributed by atoms with van der Waals surface area (Å²) in [5.41, 5.74) is 4.89. The van der Waals surface area contributed by atoms with E-state index >= 15 is 0 Å². The van der Waals surface area contributed by atoms with E-state index < -0.39 is 0 Å². The van der Waals surface area contributed by atoms with Crippen molar-refractivity contribution in [3.8, 4) is 0 Å². The van der Waals surface area contributed by atoms with Gasteiger partial charge in [-0.3, -0.25) is 0 Å². The minimum atomic E-state index is 0.116. The van der Waals surface area contributed by atoms with Gasteiger partial charge < -0.3 is 10.3 Å². The summed E-state index contributed by atoms with van der Waals surface area (Å²) in [5, 5.41) is 3.43. The Hall–Kier alpha value is -1.35. The number of rotatable bonds is 2. The Morgan fingerprint density at radius 2 is 1.82 bits per heavy atom. The van der Waals surface area contributed by atoms with E-state index in [0.717, 1.165) is 23.4 Å². The van der Waals surface area contributed by atoms with E-state index in [1.165, 1.54) is 11.1 Å². The summed E-state index contributed by atoms with van der Waals surface area (Å²) in [6, 6.07) is 4.31. The number of nitrogens with one attached hydrogen (secondary N) is 2. The zero-order valence-electron chi connectivity index (χ0n) is 11.3. The van der Waals surface area contributed by atoms with Crippen LogP contribution in [0.2, 0.25) is 0 Å². The van der Waals surface area contributed by atoms with Crippen LogP contribution >= 0.6 is 0 Å². The van der Waals surface area contributed by atoms with Crippen molar-refractivity contribution < 1.29 is 0 Å². The maximum Gasteiger partial charge on any atom is 0.121 e. The molecule has 0 aliphatic carbocycles. The monoisotopic (exact) mass is 231 g/mol. The standard InChI is InChI=1S/C14H21N3/c1-9-6-11-12(7-10(9)2)17-13(16-11)8-15-14(3,4)5/h6-7,15H,8H2,1-5H3,(H,16,17). The van der Waals surface area contributed by atoms with Gasteiger partial charge in [0.05, 0.1) is 17.6 Å². The van der Waals surface area contributed by atoms with E-state index in [1.54, 1.807) is 0 Å².